The Morgan fingerprint density at radius 2 is 1.74 bits per heavy atom. The molecular weight excluding hydrogens is 356 g/mol. The molecule has 0 N–H and O–H groups in total. The van der Waals surface area contributed by atoms with E-state index in [0.29, 0.717) is 11.4 Å². The van der Waals surface area contributed by atoms with E-state index in [0.717, 1.165) is 35.0 Å². The Kier molecular flexibility index (Phi) is 4.66. The number of hydrogen-bond acceptors (Lipinski definition) is 3. The molecule has 0 unspecified atom stereocenters. The monoisotopic (exact) mass is 380 g/mol. The van der Waals surface area contributed by atoms with Crippen LogP contribution in [0.25, 0.3) is 10.8 Å². The van der Waals surface area contributed by atoms with Crippen LogP contribution in [0, 0.1) is 0 Å². The van der Waals surface area contributed by atoms with Crippen molar-refractivity contribution in [1.82, 2.24) is 4.31 Å². The van der Waals surface area contributed by atoms with Crippen LogP contribution in [0.15, 0.2) is 71.6 Å². The number of benzene rings is 3. The molecule has 1 aliphatic rings. The Hall–Kier alpha value is -2.37. The van der Waals surface area contributed by atoms with Crippen molar-refractivity contribution in [1.29, 1.82) is 0 Å². The first kappa shape index (κ1) is 18.0. The molecular formula is C22H24N2O2S. The van der Waals surface area contributed by atoms with Crippen LogP contribution in [0.2, 0.25) is 0 Å². The van der Waals surface area contributed by atoms with Gasteiger partial charge in [0.15, 0.2) is 0 Å². The maximum Gasteiger partial charge on any atom is 0.243 e. The number of fused-ring (bicyclic) bond motifs is 1. The second-order valence-corrected chi connectivity index (χ2v) is 9.02. The Bertz CT molecular complexity index is 1060. The Labute approximate surface area is 161 Å². The third-order valence-electron chi connectivity index (χ3n) is 5.43. The zero-order valence-corrected chi connectivity index (χ0v) is 16.5. The van der Waals surface area contributed by atoms with E-state index in [2.05, 4.69) is 23.1 Å². The number of anilines is 2. The van der Waals surface area contributed by atoms with Gasteiger partial charge in [0.2, 0.25) is 10.0 Å². The summed E-state index contributed by atoms with van der Waals surface area (Å²) >= 11 is 0. The fraction of sp³-hybridized carbons (Fsp3) is 0.273. The summed E-state index contributed by atoms with van der Waals surface area (Å²) in [6, 6.07) is 21.7. The Balaban J connectivity index is 1.77. The lowest BCUT2D eigenvalue weighted by Gasteiger charge is -2.23. The minimum atomic E-state index is -3.48. The lowest BCUT2D eigenvalue weighted by Crippen LogP contribution is -2.33. The van der Waals surface area contributed by atoms with Gasteiger partial charge in [0.05, 0.1) is 4.90 Å². The number of para-hydroxylation sites is 1. The van der Waals surface area contributed by atoms with Gasteiger partial charge < -0.3 is 4.90 Å². The van der Waals surface area contributed by atoms with Crippen LogP contribution in [-0.2, 0) is 10.0 Å². The molecule has 0 amide bonds. The van der Waals surface area contributed by atoms with Crippen LogP contribution >= 0.6 is 0 Å². The van der Waals surface area contributed by atoms with Crippen LogP contribution in [-0.4, -0.2) is 32.4 Å². The highest BCUT2D eigenvalue weighted by molar-refractivity contribution is 7.89. The average molecular weight is 381 g/mol. The fourth-order valence-electron chi connectivity index (χ4n) is 3.87. The molecule has 4 rings (SSSR count). The summed E-state index contributed by atoms with van der Waals surface area (Å²) in [6.45, 7) is 2.59. The Morgan fingerprint density at radius 3 is 2.44 bits per heavy atom. The lowest BCUT2D eigenvalue weighted by molar-refractivity contribution is 0.409. The molecule has 1 atom stereocenters. The molecule has 1 fully saturated rings. The molecule has 3 aromatic carbocycles. The topological polar surface area (TPSA) is 40.6 Å². The van der Waals surface area contributed by atoms with E-state index in [-0.39, 0.29) is 6.04 Å². The number of nitrogens with zero attached hydrogens (tertiary/aromatic N) is 2. The maximum atomic E-state index is 13.2. The third kappa shape index (κ3) is 3.22. The normalized spacial score (nSPS) is 18.1. The second-order valence-electron chi connectivity index (χ2n) is 7.16. The first-order chi connectivity index (χ1) is 13.0. The zero-order chi connectivity index (χ0) is 19.0. The minimum Gasteiger partial charge on any atom is -0.345 e. The molecule has 1 aliphatic heterocycles. The summed E-state index contributed by atoms with van der Waals surface area (Å²) in [5.74, 6) is 0. The molecule has 0 saturated carbocycles. The van der Waals surface area contributed by atoms with Gasteiger partial charge in [0, 0.05) is 36.4 Å². The number of rotatable bonds is 4. The van der Waals surface area contributed by atoms with Gasteiger partial charge in [-0.05, 0) is 55.5 Å². The molecule has 0 radical (unpaired) electrons. The molecule has 1 saturated heterocycles. The third-order valence-corrected chi connectivity index (χ3v) is 7.51. The summed E-state index contributed by atoms with van der Waals surface area (Å²) in [6.07, 6.45) is 1.85. The first-order valence-corrected chi connectivity index (χ1v) is 10.8. The first-order valence-electron chi connectivity index (χ1n) is 9.32. The van der Waals surface area contributed by atoms with Crippen LogP contribution in [0.5, 0.6) is 0 Å². The van der Waals surface area contributed by atoms with Gasteiger partial charge in [-0.1, -0.05) is 36.4 Å². The standard InChI is InChI=1S/C22H24N2O2S/c1-17-8-7-15-24(17)27(25,26)22-12-6-9-18-16-20(13-14-21(18)22)23(2)19-10-4-3-5-11-19/h3-6,9-14,16-17H,7-8,15H2,1-2H3/t17-/m1/s1. The predicted octanol–water partition coefficient (Wildman–Crippen LogP) is 4.78. The summed E-state index contributed by atoms with van der Waals surface area (Å²) in [5, 5.41) is 1.71. The van der Waals surface area contributed by atoms with Crippen molar-refractivity contribution in [3.8, 4) is 0 Å². The van der Waals surface area contributed by atoms with E-state index in [4.69, 9.17) is 0 Å². The molecule has 0 spiro atoms. The van der Waals surface area contributed by atoms with Gasteiger partial charge in [-0.25, -0.2) is 8.42 Å². The average Bonchev–Trinajstić information content (AvgIpc) is 3.14. The van der Waals surface area contributed by atoms with E-state index >= 15 is 0 Å². The van der Waals surface area contributed by atoms with Gasteiger partial charge in [-0.3, -0.25) is 0 Å². The largest absolute Gasteiger partial charge is 0.345 e. The molecule has 5 heteroatoms. The van der Waals surface area contributed by atoms with E-state index in [9.17, 15) is 8.42 Å². The minimum absolute atomic E-state index is 0.0637. The van der Waals surface area contributed by atoms with Crippen molar-refractivity contribution in [2.75, 3.05) is 18.5 Å². The van der Waals surface area contributed by atoms with Gasteiger partial charge in [-0.2, -0.15) is 4.31 Å². The predicted molar refractivity (Wildman–Crippen MR) is 111 cm³/mol. The maximum absolute atomic E-state index is 13.2. The van der Waals surface area contributed by atoms with Crippen molar-refractivity contribution in [3.05, 3.63) is 66.7 Å². The van der Waals surface area contributed by atoms with Crippen molar-refractivity contribution >= 4 is 32.2 Å². The fourth-order valence-corrected chi connectivity index (χ4v) is 5.78. The van der Waals surface area contributed by atoms with E-state index in [1.54, 1.807) is 10.4 Å². The van der Waals surface area contributed by atoms with Crippen LogP contribution < -0.4 is 4.90 Å². The molecule has 0 aliphatic carbocycles. The summed E-state index contributed by atoms with van der Waals surface area (Å²) in [4.78, 5) is 2.51. The number of hydrogen-bond donors (Lipinski definition) is 0. The molecule has 0 bridgehead atoms. The number of sulfonamides is 1. The highest BCUT2D eigenvalue weighted by Gasteiger charge is 2.33. The van der Waals surface area contributed by atoms with Gasteiger partial charge in [0.1, 0.15) is 0 Å². The summed E-state index contributed by atoms with van der Waals surface area (Å²) in [7, 11) is -1.46. The summed E-state index contributed by atoms with van der Waals surface area (Å²) < 4.78 is 28.1. The lowest BCUT2D eigenvalue weighted by atomic mass is 10.1. The highest BCUT2D eigenvalue weighted by Crippen LogP contribution is 2.33. The van der Waals surface area contributed by atoms with Crippen LogP contribution in [0.1, 0.15) is 19.8 Å². The molecule has 0 aromatic heterocycles. The molecule has 27 heavy (non-hydrogen) atoms. The van der Waals surface area contributed by atoms with Gasteiger partial charge in [-0.15, -0.1) is 0 Å². The van der Waals surface area contributed by atoms with Gasteiger partial charge in [0.25, 0.3) is 0 Å². The molecule has 3 aromatic rings. The highest BCUT2D eigenvalue weighted by atomic mass is 32.2. The van der Waals surface area contributed by atoms with E-state index < -0.39 is 10.0 Å². The quantitative estimate of drug-likeness (QED) is 0.654. The van der Waals surface area contributed by atoms with E-state index in [1.165, 1.54) is 0 Å². The van der Waals surface area contributed by atoms with E-state index in [1.807, 2.05) is 56.4 Å². The van der Waals surface area contributed by atoms with Crippen molar-refractivity contribution < 1.29 is 8.42 Å². The van der Waals surface area contributed by atoms with Crippen LogP contribution in [0.3, 0.4) is 0 Å². The molecule has 140 valence electrons. The second kappa shape index (κ2) is 6.98. The summed E-state index contributed by atoms with van der Waals surface area (Å²) in [5.41, 5.74) is 2.12. The zero-order valence-electron chi connectivity index (χ0n) is 15.7. The Morgan fingerprint density at radius 1 is 0.963 bits per heavy atom. The molecule has 1 heterocycles. The smallest absolute Gasteiger partial charge is 0.243 e. The van der Waals surface area contributed by atoms with Crippen molar-refractivity contribution in [2.45, 2.75) is 30.7 Å². The SMILES string of the molecule is C[C@@H]1CCCN1S(=O)(=O)c1cccc2cc(N(C)c3ccccc3)ccc12. The molecule has 4 nitrogen and oxygen atoms in total. The van der Waals surface area contributed by atoms with Crippen LogP contribution in [0.4, 0.5) is 11.4 Å². The van der Waals surface area contributed by atoms with Gasteiger partial charge >= 0.3 is 0 Å². The van der Waals surface area contributed by atoms with Crippen molar-refractivity contribution in [2.24, 2.45) is 0 Å². The van der Waals surface area contributed by atoms with Crippen molar-refractivity contribution in [3.63, 3.8) is 0 Å².